The number of sulfone groups is 1. The molecule has 0 aliphatic heterocycles. The molecule has 5 rings (SSSR count). The first-order valence-corrected chi connectivity index (χ1v) is 12.7. The molecule has 4 aromatic carbocycles. The lowest BCUT2D eigenvalue weighted by Crippen LogP contribution is -2.06. The second-order valence-electron chi connectivity index (χ2n) is 8.18. The summed E-state index contributed by atoms with van der Waals surface area (Å²) >= 11 is 0. The summed E-state index contributed by atoms with van der Waals surface area (Å²) in [6.45, 7) is 1.93. The summed E-state index contributed by atoms with van der Waals surface area (Å²) in [4.78, 5) is 0.393. The van der Waals surface area contributed by atoms with E-state index in [1.165, 1.54) is 0 Å². The average molecular weight is 481 g/mol. The molecule has 1 aromatic heterocycles. The van der Waals surface area contributed by atoms with Gasteiger partial charge in [-0.05, 0) is 55.5 Å². The van der Waals surface area contributed by atoms with Gasteiger partial charge in [0.2, 0.25) is 9.84 Å². The number of ether oxygens (including phenoxy) is 1. The predicted octanol–water partition coefficient (Wildman–Crippen LogP) is 6.36. The summed E-state index contributed by atoms with van der Waals surface area (Å²) in [5.41, 5.74) is 4.10. The monoisotopic (exact) mass is 480 g/mol. The molecule has 0 atom stereocenters. The highest BCUT2D eigenvalue weighted by molar-refractivity contribution is 7.91. The van der Waals surface area contributed by atoms with Crippen LogP contribution in [0, 0.1) is 6.92 Å². The number of para-hydroxylation sites is 1. The van der Waals surface area contributed by atoms with E-state index in [9.17, 15) is 8.42 Å². The molecule has 0 fully saturated rings. The van der Waals surface area contributed by atoms with Crippen LogP contribution in [0.4, 0.5) is 0 Å². The van der Waals surface area contributed by atoms with Gasteiger partial charge in [0.15, 0.2) is 0 Å². The summed E-state index contributed by atoms with van der Waals surface area (Å²) in [5.74, 6) is 0.683. The SMILES string of the molecule is COc1ccc(-c2nn(-c3ccccc3)c(-c3ccccc3)c2S(=O)(=O)c2ccc(C)cc2)cc1. The highest BCUT2D eigenvalue weighted by atomic mass is 32.2. The van der Waals surface area contributed by atoms with Crippen LogP contribution in [0.3, 0.4) is 0 Å². The Balaban J connectivity index is 1.88. The molecule has 0 N–H and O–H groups in total. The fourth-order valence-electron chi connectivity index (χ4n) is 4.04. The number of aryl methyl sites for hydroxylation is 1. The van der Waals surface area contributed by atoms with E-state index in [1.54, 1.807) is 36.1 Å². The van der Waals surface area contributed by atoms with Gasteiger partial charge in [0, 0.05) is 11.1 Å². The molecule has 174 valence electrons. The zero-order chi connectivity index (χ0) is 24.4. The number of benzene rings is 4. The van der Waals surface area contributed by atoms with Gasteiger partial charge in [-0.25, -0.2) is 13.1 Å². The van der Waals surface area contributed by atoms with Crippen LogP contribution in [0.25, 0.3) is 28.2 Å². The average Bonchev–Trinajstić information content (AvgIpc) is 3.32. The largest absolute Gasteiger partial charge is 0.497 e. The highest BCUT2D eigenvalue weighted by Crippen LogP contribution is 2.40. The molecule has 0 unspecified atom stereocenters. The highest BCUT2D eigenvalue weighted by Gasteiger charge is 2.32. The molecule has 1 heterocycles. The standard InChI is InChI=1S/C29H24N2O3S/c1-21-13-19-26(20-14-21)35(32,33)29-27(22-15-17-25(34-2)18-16-22)30-31(24-11-7-4-8-12-24)28(29)23-9-5-3-6-10-23/h3-20H,1-2H3. The van der Waals surface area contributed by atoms with Crippen LogP contribution in [0.5, 0.6) is 5.75 Å². The van der Waals surface area contributed by atoms with Crippen molar-refractivity contribution in [2.24, 2.45) is 0 Å². The van der Waals surface area contributed by atoms with Crippen molar-refractivity contribution in [1.29, 1.82) is 0 Å². The summed E-state index contributed by atoms with van der Waals surface area (Å²) < 4.78 is 35.5. The van der Waals surface area contributed by atoms with Crippen LogP contribution < -0.4 is 4.74 Å². The van der Waals surface area contributed by atoms with Gasteiger partial charge in [0.25, 0.3) is 0 Å². The molecule has 0 amide bonds. The van der Waals surface area contributed by atoms with Gasteiger partial charge in [-0.1, -0.05) is 66.2 Å². The molecule has 0 spiro atoms. The lowest BCUT2D eigenvalue weighted by molar-refractivity contribution is 0.415. The van der Waals surface area contributed by atoms with Gasteiger partial charge >= 0.3 is 0 Å². The number of aromatic nitrogens is 2. The van der Waals surface area contributed by atoms with Gasteiger partial charge in [-0.15, -0.1) is 0 Å². The van der Waals surface area contributed by atoms with Crippen molar-refractivity contribution in [3.63, 3.8) is 0 Å². The number of methoxy groups -OCH3 is 1. The summed E-state index contributed by atoms with van der Waals surface area (Å²) in [6.07, 6.45) is 0. The lowest BCUT2D eigenvalue weighted by atomic mass is 10.1. The second-order valence-corrected chi connectivity index (χ2v) is 10.1. The van der Waals surface area contributed by atoms with Gasteiger partial charge in [0.1, 0.15) is 16.3 Å². The van der Waals surface area contributed by atoms with Crippen LogP contribution in [0.15, 0.2) is 119 Å². The molecule has 0 aliphatic carbocycles. The second kappa shape index (κ2) is 9.24. The molecule has 0 radical (unpaired) electrons. The van der Waals surface area contributed by atoms with Gasteiger partial charge in [-0.2, -0.15) is 5.10 Å². The van der Waals surface area contributed by atoms with Crippen molar-refractivity contribution in [3.05, 3.63) is 115 Å². The number of hydrogen-bond acceptors (Lipinski definition) is 4. The van der Waals surface area contributed by atoms with Crippen molar-refractivity contribution >= 4 is 9.84 Å². The van der Waals surface area contributed by atoms with Crippen molar-refractivity contribution in [3.8, 4) is 34.0 Å². The number of hydrogen-bond donors (Lipinski definition) is 0. The Morgan fingerprint density at radius 1 is 0.714 bits per heavy atom. The van der Waals surface area contributed by atoms with E-state index in [0.717, 1.165) is 16.8 Å². The predicted molar refractivity (Wildman–Crippen MR) is 138 cm³/mol. The van der Waals surface area contributed by atoms with Crippen LogP contribution in [0.2, 0.25) is 0 Å². The zero-order valence-electron chi connectivity index (χ0n) is 19.4. The minimum Gasteiger partial charge on any atom is -0.497 e. The van der Waals surface area contributed by atoms with Crippen molar-refractivity contribution in [1.82, 2.24) is 9.78 Å². The maximum Gasteiger partial charge on any atom is 0.210 e. The van der Waals surface area contributed by atoms with E-state index in [-0.39, 0.29) is 9.79 Å². The van der Waals surface area contributed by atoms with Gasteiger partial charge in [0.05, 0.1) is 23.4 Å². The maximum atomic E-state index is 14.2. The van der Waals surface area contributed by atoms with Crippen molar-refractivity contribution in [2.75, 3.05) is 7.11 Å². The fraction of sp³-hybridized carbons (Fsp3) is 0.0690. The fourth-order valence-corrected chi connectivity index (χ4v) is 5.64. The molecule has 0 saturated carbocycles. The summed E-state index contributed by atoms with van der Waals surface area (Å²) in [7, 11) is -2.33. The van der Waals surface area contributed by atoms with Crippen LogP contribution in [-0.4, -0.2) is 25.3 Å². The molecule has 35 heavy (non-hydrogen) atoms. The first-order valence-electron chi connectivity index (χ1n) is 11.2. The molecule has 0 bridgehead atoms. The minimum atomic E-state index is -3.93. The number of rotatable bonds is 6. The third kappa shape index (κ3) is 4.24. The van der Waals surface area contributed by atoms with Crippen molar-refractivity contribution in [2.45, 2.75) is 16.7 Å². The van der Waals surface area contributed by atoms with E-state index in [4.69, 9.17) is 9.84 Å². The molecule has 0 aliphatic rings. The minimum absolute atomic E-state index is 0.168. The first-order chi connectivity index (χ1) is 17.0. The summed E-state index contributed by atoms with van der Waals surface area (Å²) in [5, 5.41) is 4.89. The normalized spacial score (nSPS) is 11.4. The quantitative estimate of drug-likeness (QED) is 0.284. The first kappa shape index (κ1) is 22.6. The topological polar surface area (TPSA) is 61.2 Å². The van der Waals surface area contributed by atoms with E-state index in [1.807, 2.05) is 91.9 Å². The lowest BCUT2D eigenvalue weighted by Gasteiger charge is -2.11. The van der Waals surface area contributed by atoms with E-state index in [2.05, 4.69) is 0 Å². The van der Waals surface area contributed by atoms with Crippen LogP contribution in [-0.2, 0) is 9.84 Å². The number of nitrogens with zero attached hydrogens (tertiary/aromatic N) is 2. The third-order valence-corrected chi connectivity index (χ3v) is 7.67. The smallest absolute Gasteiger partial charge is 0.210 e. The molecular weight excluding hydrogens is 456 g/mol. The molecule has 6 heteroatoms. The van der Waals surface area contributed by atoms with Crippen LogP contribution in [0.1, 0.15) is 5.56 Å². The molecule has 5 aromatic rings. The molecule has 5 nitrogen and oxygen atoms in total. The van der Waals surface area contributed by atoms with E-state index >= 15 is 0 Å². The molecular formula is C29H24N2O3S. The Bertz CT molecular complexity index is 1560. The maximum absolute atomic E-state index is 14.2. The zero-order valence-corrected chi connectivity index (χ0v) is 20.2. The van der Waals surface area contributed by atoms with E-state index < -0.39 is 9.84 Å². The Morgan fingerprint density at radius 2 is 1.31 bits per heavy atom. The van der Waals surface area contributed by atoms with E-state index in [0.29, 0.717) is 22.7 Å². The Hall–Kier alpha value is -4.16. The third-order valence-electron chi connectivity index (χ3n) is 5.85. The Labute approximate surface area is 205 Å². The Kier molecular flexibility index (Phi) is 5.97. The van der Waals surface area contributed by atoms with Gasteiger partial charge < -0.3 is 4.74 Å². The molecule has 0 saturated heterocycles. The van der Waals surface area contributed by atoms with Gasteiger partial charge in [-0.3, -0.25) is 0 Å². The van der Waals surface area contributed by atoms with Crippen molar-refractivity contribution < 1.29 is 13.2 Å². The van der Waals surface area contributed by atoms with Crippen LogP contribution >= 0.6 is 0 Å². The summed E-state index contributed by atoms with van der Waals surface area (Å²) in [6, 6.07) is 33.3. The Morgan fingerprint density at radius 3 is 1.91 bits per heavy atom.